The van der Waals surface area contributed by atoms with Crippen LogP contribution in [0.2, 0.25) is 0 Å². The van der Waals surface area contributed by atoms with E-state index in [-0.39, 0.29) is 0 Å². The normalized spacial score (nSPS) is 29.8. The third kappa shape index (κ3) is 3.68. The summed E-state index contributed by atoms with van der Waals surface area (Å²) in [6, 6.07) is 11.1. The van der Waals surface area contributed by atoms with Crippen molar-refractivity contribution in [3.8, 4) is 0 Å². The molecule has 3 heterocycles. The number of hydrogen-bond donors (Lipinski definition) is 3. The number of hydrogen-bond acceptors (Lipinski definition) is 1. The molecule has 3 aliphatic heterocycles. The maximum absolute atomic E-state index is 5.41. The van der Waals surface area contributed by atoms with Gasteiger partial charge >= 0.3 is 0 Å². The molecule has 0 radical (unpaired) electrons. The molecule has 4 atom stereocenters. The lowest BCUT2D eigenvalue weighted by atomic mass is 9.76. The molecule has 1 unspecified atom stereocenters. The van der Waals surface area contributed by atoms with E-state index >= 15 is 0 Å². The van der Waals surface area contributed by atoms with E-state index in [1.165, 1.54) is 31.5 Å². The summed E-state index contributed by atoms with van der Waals surface area (Å²) in [5.74, 6) is 1.57. The largest absolute Gasteiger partial charge is 0.359 e. The van der Waals surface area contributed by atoms with Gasteiger partial charge in [-0.3, -0.25) is 0 Å². The molecule has 1 aromatic carbocycles. The van der Waals surface area contributed by atoms with Gasteiger partial charge in [0.1, 0.15) is 6.04 Å². The van der Waals surface area contributed by atoms with E-state index in [1.54, 1.807) is 4.90 Å². The van der Waals surface area contributed by atoms with Crippen molar-refractivity contribution in [1.29, 1.82) is 0 Å². The van der Waals surface area contributed by atoms with Crippen molar-refractivity contribution in [3.63, 3.8) is 0 Å². The fraction of sp³-hybridized carbons (Fsp3) is 0.500. The fourth-order valence-electron chi connectivity index (χ4n) is 3.91. The van der Waals surface area contributed by atoms with Crippen molar-refractivity contribution in [2.75, 3.05) is 19.6 Å². The van der Waals surface area contributed by atoms with Crippen LogP contribution >= 0.6 is 12.2 Å². The van der Waals surface area contributed by atoms with Crippen LogP contribution in [0.5, 0.6) is 0 Å². The molecule has 3 fully saturated rings. The number of quaternary nitrogens is 1. The molecule has 0 spiro atoms. The number of piperidine rings is 3. The summed E-state index contributed by atoms with van der Waals surface area (Å²) in [6.45, 7) is 8.33. The molecule has 3 N–H and O–H groups in total. The van der Waals surface area contributed by atoms with Gasteiger partial charge in [-0.05, 0) is 23.7 Å². The van der Waals surface area contributed by atoms with E-state index < -0.39 is 0 Å². The summed E-state index contributed by atoms with van der Waals surface area (Å²) < 4.78 is 0. The smallest absolute Gasteiger partial charge is 0.166 e. The highest BCUT2D eigenvalue weighted by Crippen LogP contribution is 2.27. The highest BCUT2D eigenvalue weighted by molar-refractivity contribution is 7.80. The second-order valence-electron chi connectivity index (χ2n) is 6.54. The summed E-state index contributed by atoms with van der Waals surface area (Å²) in [5.41, 5.74) is 1.26. The second kappa shape index (κ2) is 7.25. The van der Waals surface area contributed by atoms with E-state index in [0.29, 0.717) is 6.04 Å². The zero-order valence-corrected chi connectivity index (χ0v) is 13.9. The highest BCUT2D eigenvalue weighted by atomic mass is 32.1. The molecular weight excluding hydrogens is 290 g/mol. The second-order valence-corrected chi connectivity index (χ2v) is 6.95. The first kappa shape index (κ1) is 15.5. The van der Waals surface area contributed by atoms with Gasteiger partial charge in [0.2, 0.25) is 0 Å². The summed E-state index contributed by atoms with van der Waals surface area (Å²) in [7, 11) is 0. The Balaban J connectivity index is 1.41. The summed E-state index contributed by atoms with van der Waals surface area (Å²) in [5, 5.41) is 7.48. The van der Waals surface area contributed by atoms with Crippen molar-refractivity contribution < 1.29 is 4.90 Å². The van der Waals surface area contributed by atoms with Crippen LogP contribution in [0.4, 0.5) is 0 Å². The fourth-order valence-corrected chi connectivity index (χ4v) is 4.07. The molecule has 3 saturated heterocycles. The van der Waals surface area contributed by atoms with Gasteiger partial charge in [-0.2, -0.15) is 0 Å². The van der Waals surface area contributed by atoms with Crippen molar-refractivity contribution >= 4 is 17.3 Å². The Morgan fingerprint density at radius 3 is 2.82 bits per heavy atom. The summed E-state index contributed by atoms with van der Waals surface area (Å²) in [4.78, 5) is 1.73. The van der Waals surface area contributed by atoms with Crippen LogP contribution in [-0.4, -0.2) is 30.8 Å². The van der Waals surface area contributed by atoms with Crippen LogP contribution in [0.15, 0.2) is 43.0 Å². The number of fused-ring (bicyclic) bond motifs is 3. The number of thiocarbonyl (C=S) groups is 1. The van der Waals surface area contributed by atoms with Gasteiger partial charge in [0, 0.05) is 25.3 Å². The molecule has 0 amide bonds. The summed E-state index contributed by atoms with van der Waals surface area (Å²) in [6.07, 6.45) is 4.83. The van der Waals surface area contributed by atoms with Crippen molar-refractivity contribution in [2.24, 2.45) is 11.8 Å². The van der Waals surface area contributed by atoms with Crippen LogP contribution in [0.1, 0.15) is 18.4 Å². The van der Waals surface area contributed by atoms with Gasteiger partial charge in [-0.15, -0.1) is 6.58 Å². The number of nitrogens with one attached hydrogen (secondary N) is 3. The SMILES string of the molecule is C=C[C@H]1C[NH+]2CC[C@H]1C[C@@H]2CNC(=S)NCc1ccccc1. The Morgan fingerprint density at radius 1 is 1.32 bits per heavy atom. The van der Waals surface area contributed by atoms with E-state index in [2.05, 4.69) is 47.6 Å². The minimum Gasteiger partial charge on any atom is -0.359 e. The molecule has 4 rings (SSSR count). The Hall–Kier alpha value is -1.39. The Morgan fingerprint density at radius 2 is 2.14 bits per heavy atom. The first-order chi connectivity index (χ1) is 10.8. The Labute approximate surface area is 138 Å². The van der Waals surface area contributed by atoms with Crippen molar-refractivity contribution in [3.05, 3.63) is 48.6 Å². The topological polar surface area (TPSA) is 28.5 Å². The standard InChI is InChI=1S/C18H25N3S/c1-2-15-13-21-9-8-16(15)10-17(21)12-20-18(22)19-11-14-6-4-3-5-7-14/h2-7,15-17H,1,8-13H2,(H2,19,20,22)/p+1/t15-,16-,17+/m0/s1. The molecule has 118 valence electrons. The van der Waals surface area contributed by atoms with Crippen LogP contribution in [0.25, 0.3) is 0 Å². The lowest BCUT2D eigenvalue weighted by molar-refractivity contribution is -0.944. The van der Waals surface area contributed by atoms with Crippen LogP contribution in [0, 0.1) is 11.8 Å². The van der Waals surface area contributed by atoms with E-state index in [9.17, 15) is 0 Å². The van der Waals surface area contributed by atoms with E-state index in [0.717, 1.165) is 30.0 Å². The van der Waals surface area contributed by atoms with Crippen molar-refractivity contribution in [1.82, 2.24) is 10.6 Å². The monoisotopic (exact) mass is 316 g/mol. The molecule has 0 saturated carbocycles. The average molecular weight is 316 g/mol. The first-order valence-electron chi connectivity index (χ1n) is 8.29. The van der Waals surface area contributed by atoms with Crippen molar-refractivity contribution in [2.45, 2.75) is 25.4 Å². The molecule has 0 aliphatic carbocycles. The maximum atomic E-state index is 5.41. The Kier molecular flexibility index (Phi) is 5.11. The maximum Gasteiger partial charge on any atom is 0.166 e. The van der Waals surface area contributed by atoms with Crippen LogP contribution in [-0.2, 0) is 6.54 Å². The van der Waals surface area contributed by atoms with E-state index in [1.807, 2.05) is 6.07 Å². The molecular formula is C18H26N3S+. The molecule has 1 aromatic rings. The number of benzene rings is 1. The first-order valence-corrected chi connectivity index (χ1v) is 8.70. The zero-order valence-electron chi connectivity index (χ0n) is 13.1. The predicted molar refractivity (Wildman–Crippen MR) is 94.8 cm³/mol. The average Bonchev–Trinajstić information content (AvgIpc) is 2.59. The third-order valence-corrected chi connectivity index (χ3v) is 5.50. The highest BCUT2D eigenvalue weighted by Gasteiger charge is 2.41. The quantitative estimate of drug-likeness (QED) is 0.562. The minimum atomic E-state index is 0.700. The van der Waals surface area contributed by atoms with Gasteiger partial charge in [0.15, 0.2) is 5.11 Å². The Bertz CT molecular complexity index is 516. The number of rotatable bonds is 5. The molecule has 0 aromatic heterocycles. The lowest BCUT2D eigenvalue weighted by Crippen LogP contribution is -3.20. The molecule has 4 heteroatoms. The third-order valence-electron chi connectivity index (χ3n) is 5.21. The van der Waals surface area contributed by atoms with Gasteiger partial charge < -0.3 is 15.5 Å². The minimum absolute atomic E-state index is 0.700. The zero-order chi connectivity index (χ0) is 15.4. The molecule has 2 bridgehead atoms. The van der Waals surface area contributed by atoms with Gasteiger partial charge in [0.05, 0.1) is 19.6 Å². The lowest BCUT2D eigenvalue weighted by Gasteiger charge is -2.46. The van der Waals surface area contributed by atoms with E-state index in [4.69, 9.17) is 12.2 Å². The van der Waals surface area contributed by atoms with Gasteiger partial charge in [0.25, 0.3) is 0 Å². The van der Waals surface area contributed by atoms with Gasteiger partial charge in [-0.1, -0.05) is 36.4 Å². The molecule has 22 heavy (non-hydrogen) atoms. The van der Waals surface area contributed by atoms with Gasteiger partial charge in [-0.25, -0.2) is 0 Å². The van der Waals surface area contributed by atoms with Crippen LogP contribution in [0.3, 0.4) is 0 Å². The molecule has 3 aliphatic rings. The van der Waals surface area contributed by atoms with Crippen LogP contribution < -0.4 is 15.5 Å². The molecule has 3 nitrogen and oxygen atoms in total. The summed E-state index contributed by atoms with van der Waals surface area (Å²) >= 11 is 5.41. The predicted octanol–water partition coefficient (Wildman–Crippen LogP) is 1.13.